The van der Waals surface area contributed by atoms with Gasteiger partial charge < -0.3 is 5.32 Å². The van der Waals surface area contributed by atoms with Gasteiger partial charge in [-0.2, -0.15) is 0 Å². The van der Waals surface area contributed by atoms with E-state index in [9.17, 15) is 4.79 Å². The summed E-state index contributed by atoms with van der Waals surface area (Å²) in [5.74, 6) is 0.831. The first kappa shape index (κ1) is 32.0. The van der Waals surface area contributed by atoms with Crippen LogP contribution in [0.15, 0.2) is 94.4 Å². The summed E-state index contributed by atoms with van der Waals surface area (Å²) in [4.78, 5) is 15.6. The van der Waals surface area contributed by atoms with Crippen LogP contribution in [0.25, 0.3) is 0 Å². The molecule has 0 saturated carbocycles. The van der Waals surface area contributed by atoms with E-state index in [1.165, 1.54) is 61.9 Å². The molecule has 0 atom stereocenters. The van der Waals surface area contributed by atoms with Crippen LogP contribution in [0.3, 0.4) is 0 Å². The van der Waals surface area contributed by atoms with Gasteiger partial charge >= 0.3 is 0 Å². The summed E-state index contributed by atoms with van der Waals surface area (Å²) in [6.45, 7) is 10.8. The Labute approximate surface area is 249 Å². The third-order valence-electron chi connectivity index (χ3n) is 8.06. The summed E-state index contributed by atoms with van der Waals surface area (Å²) in [5, 5.41) is 2.96. The molecule has 0 unspecified atom stereocenters. The van der Waals surface area contributed by atoms with Crippen LogP contribution in [0.4, 0.5) is 0 Å². The predicted molar refractivity (Wildman–Crippen MR) is 174 cm³/mol. The van der Waals surface area contributed by atoms with Crippen molar-refractivity contribution in [2.45, 2.75) is 90.0 Å². The average molecular weight is 559 g/mol. The van der Waals surface area contributed by atoms with Crippen LogP contribution < -0.4 is 5.32 Å². The topological polar surface area (TPSA) is 32.3 Å². The Kier molecular flexibility index (Phi) is 14.4. The normalized spacial score (nSPS) is 15.8. The Morgan fingerprint density at radius 2 is 1.45 bits per heavy atom. The molecule has 0 aromatic heterocycles. The van der Waals surface area contributed by atoms with Crippen molar-refractivity contribution in [3.8, 4) is 0 Å². The Bertz CT molecular complexity index is 1130. The lowest BCUT2D eigenvalue weighted by atomic mass is 9.90. The molecule has 1 N–H and O–H groups in total. The van der Waals surface area contributed by atoms with Crippen molar-refractivity contribution in [3.63, 3.8) is 0 Å². The fraction of sp³-hybridized carbons (Fsp3) is 0.472. The van der Waals surface area contributed by atoms with E-state index in [4.69, 9.17) is 0 Å². The molecule has 0 bridgehead atoms. The van der Waals surface area contributed by atoms with E-state index < -0.39 is 0 Å². The number of amides is 1. The van der Waals surface area contributed by atoms with Crippen LogP contribution in [-0.4, -0.2) is 30.4 Å². The number of benzene rings is 2. The van der Waals surface area contributed by atoms with Crippen LogP contribution in [0, 0.1) is 5.92 Å². The van der Waals surface area contributed by atoms with E-state index in [2.05, 4.69) is 92.2 Å². The molecule has 0 radical (unpaired) electrons. The minimum atomic E-state index is -0.0754. The third kappa shape index (κ3) is 12.3. The van der Waals surface area contributed by atoms with Gasteiger partial charge in [0.1, 0.15) is 0 Å². The van der Waals surface area contributed by atoms with Crippen LogP contribution >= 0.6 is 12.6 Å². The monoisotopic (exact) mass is 558 g/mol. The summed E-state index contributed by atoms with van der Waals surface area (Å²) in [7, 11) is 0. The smallest absolute Gasteiger partial charge is 0.252 e. The highest BCUT2D eigenvalue weighted by Crippen LogP contribution is 2.25. The fourth-order valence-electron chi connectivity index (χ4n) is 5.42. The number of nitrogens with one attached hydrogen (secondary N) is 1. The molecule has 1 fully saturated rings. The number of thiol groups is 1. The zero-order chi connectivity index (χ0) is 28.6. The molecule has 3 nitrogen and oxygen atoms in total. The first-order valence-electron chi connectivity index (χ1n) is 15.2. The summed E-state index contributed by atoms with van der Waals surface area (Å²) < 4.78 is 0. The molecular weight excluding hydrogens is 508 g/mol. The van der Waals surface area contributed by atoms with E-state index in [-0.39, 0.29) is 5.91 Å². The summed E-state index contributed by atoms with van der Waals surface area (Å²) in [6.07, 6.45) is 18.0. The first-order valence-corrected chi connectivity index (χ1v) is 15.6. The maximum absolute atomic E-state index is 12.3. The number of allylic oxidation sites excluding steroid dienone is 5. The van der Waals surface area contributed by atoms with E-state index in [1.54, 1.807) is 11.6 Å². The minimum absolute atomic E-state index is 0.0754. The van der Waals surface area contributed by atoms with Gasteiger partial charge in [-0.15, -0.1) is 12.6 Å². The second-order valence-corrected chi connectivity index (χ2v) is 12.0. The third-order valence-corrected chi connectivity index (χ3v) is 8.45. The van der Waals surface area contributed by atoms with Gasteiger partial charge in [0.25, 0.3) is 5.91 Å². The van der Waals surface area contributed by atoms with Gasteiger partial charge in [-0.25, -0.2) is 0 Å². The SMILES string of the molecule is CC(=CCCC(C)=CCNC(=O)c1ccccc1S)CCC=C(C)CCCC1CCN(Cc2ccccc2)CC1. The number of rotatable bonds is 15. The largest absolute Gasteiger partial charge is 0.349 e. The molecule has 4 heteroatoms. The number of carbonyl (C=O) groups excluding carboxylic acids is 1. The van der Waals surface area contributed by atoms with Crippen molar-refractivity contribution in [1.82, 2.24) is 10.2 Å². The van der Waals surface area contributed by atoms with Crippen molar-refractivity contribution >= 4 is 18.5 Å². The summed E-state index contributed by atoms with van der Waals surface area (Å²) >= 11 is 4.36. The molecule has 1 saturated heterocycles. The van der Waals surface area contributed by atoms with Gasteiger partial charge in [-0.3, -0.25) is 9.69 Å². The van der Waals surface area contributed by atoms with Crippen LogP contribution in [0.1, 0.15) is 94.5 Å². The standard InChI is InChI=1S/C36H50N2OS/c1-29(14-10-15-31(3)22-25-37-36(39)34-20-7-8-21-35(34)40)12-9-13-30(2)16-11-19-32-23-26-38(27-24-32)28-33-17-5-4-6-18-33/h4-8,13-14,17-18,20-22,32,40H,9-12,15-16,19,23-28H2,1-3H3,(H,37,39). The van der Waals surface area contributed by atoms with Gasteiger partial charge in [-0.05, 0) is 109 Å². The lowest BCUT2D eigenvalue weighted by molar-refractivity contribution is 0.0955. The molecule has 40 heavy (non-hydrogen) atoms. The van der Waals surface area contributed by atoms with Crippen molar-refractivity contribution in [2.24, 2.45) is 5.92 Å². The highest BCUT2D eigenvalue weighted by atomic mass is 32.1. The molecule has 1 aliphatic rings. The second-order valence-electron chi connectivity index (χ2n) is 11.6. The van der Waals surface area contributed by atoms with Crippen LogP contribution in [-0.2, 0) is 6.54 Å². The second kappa shape index (κ2) is 18.0. The highest BCUT2D eigenvalue weighted by Gasteiger charge is 2.18. The zero-order valence-corrected chi connectivity index (χ0v) is 25.9. The molecule has 2 aromatic rings. The quantitative estimate of drug-likeness (QED) is 0.169. The molecule has 216 valence electrons. The van der Waals surface area contributed by atoms with Gasteiger partial charge in [0.2, 0.25) is 0 Å². The molecule has 3 rings (SSSR count). The molecule has 0 spiro atoms. The fourth-order valence-corrected chi connectivity index (χ4v) is 5.68. The zero-order valence-electron chi connectivity index (χ0n) is 25.0. The number of piperidine rings is 1. The molecule has 1 aliphatic heterocycles. The Hall–Kier alpha value is -2.56. The van der Waals surface area contributed by atoms with E-state index in [1.807, 2.05) is 18.2 Å². The number of nitrogens with zero attached hydrogens (tertiary/aromatic N) is 1. The van der Waals surface area contributed by atoms with Crippen molar-refractivity contribution in [3.05, 3.63) is 101 Å². The lowest BCUT2D eigenvalue weighted by Crippen LogP contribution is -2.33. The van der Waals surface area contributed by atoms with Gasteiger partial charge in [0.15, 0.2) is 0 Å². The van der Waals surface area contributed by atoms with E-state index in [0.29, 0.717) is 17.0 Å². The van der Waals surface area contributed by atoms with Crippen LogP contribution in [0.2, 0.25) is 0 Å². The van der Waals surface area contributed by atoms with E-state index in [0.717, 1.165) is 38.1 Å². The summed E-state index contributed by atoms with van der Waals surface area (Å²) in [5.41, 5.74) is 6.39. The maximum Gasteiger partial charge on any atom is 0.252 e. The van der Waals surface area contributed by atoms with Crippen LogP contribution in [0.5, 0.6) is 0 Å². The lowest BCUT2D eigenvalue weighted by Gasteiger charge is -2.32. The first-order chi connectivity index (χ1) is 19.4. The van der Waals surface area contributed by atoms with Gasteiger partial charge in [0.05, 0.1) is 5.56 Å². The summed E-state index contributed by atoms with van der Waals surface area (Å²) in [6, 6.07) is 18.3. The number of hydrogen-bond donors (Lipinski definition) is 2. The minimum Gasteiger partial charge on any atom is -0.349 e. The Morgan fingerprint density at radius 1 is 0.850 bits per heavy atom. The Morgan fingerprint density at radius 3 is 2.12 bits per heavy atom. The molecule has 1 amide bonds. The van der Waals surface area contributed by atoms with E-state index >= 15 is 0 Å². The van der Waals surface area contributed by atoms with Crippen molar-refractivity contribution in [2.75, 3.05) is 19.6 Å². The van der Waals surface area contributed by atoms with Gasteiger partial charge in [0, 0.05) is 18.0 Å². The van der Waals surface area contributed by atoms with Crippen molar-refractivity contribution in [1.29, 1.82) is 0 Å². The van der Waals surface area contributed by atoms with Crippen molar-refractivity contribution < 1.29 is 4.79 Å². The number of hydrogen-bond acceptors (Lipinski definition) is 3. The predicted octanol–water partition coefficient (Wildman–Crippen LogP) is 9.19. The highest BCUT2D eigenvalue weighted by molar-refractivity contribution is 7.80. The maximum atomic E-state index is 12.3. The average Bonchev–Trinajstić information content (AvgIpc) is 2.95. The molecule has 2 aromatic carbocycles. The van der Waals surface area contributed by atoms with Gasteiger partial charge in [-0.1, -0.05) is 83.8 Å². The molecule has 1 heterocycles. The number of carbonyl (C=O) groups is 1. The Balaban J connectivity index is 1.23. The molecular formula is C36H50N2OS. The number of likely N-dealkylation sites (tertiary alicyclic amines) is 1. The molecule has 0 aliphatic carbocycles.